The van der Waals surface area contributed by atoms with Crippen LogP contribution in [0.1, 0.15) is 29.9 Å². The molecule has 0 aliphatic carbocycles. The Morgan fingerprint density at radius 1 is 1.15 bits per heavy atom. The van der Waals surface area contributed by atoms with E-state index in [2.05, 4.69) is 15.5 Å². The third-order valence-corrected chi connectivity index (χ3v) is 8.21. The van der Waals surface area contributed by atoms with Gasteiger partial charge in [-0.15, -0.1) is 0 Å². The first-order valence-corrected chi connectivity index (χ1v) is 12.5. The van der Waals surface area contributed by atoms with E-state index in [1.807, 2.05) is 32.0 Å². The zero-order valence-electron chi connectivity index (χ0n) is 18.6. The molecule has 1 amide bonds. The molecular formula is C23H25ClN4O4S. The molecule has 2 aromatic carbocycles. The molecule has 1 N–H and O–H groups in total. The van der Waals surface area contributed by atoms with Crippen LogP contribution >= 0.6 is 11.6 Å². The van der Waals surface area contributed by atoms with E-state index in [0.29, 0.717) is 36.5 Å². The molecule has 1 fully saturated rings. The predicted octanol–water partition coefficient (Wildman–Crippen LogP) is 4.35. The lowest BCUT2D eigenvalue weighted by atomic mass is 9.98. The highest BCUT2D eigenvalue weighted by atomic mass is 35.5. The fourth-order valence-electron chi connectivity index (χ4n) is 3.83. The number of aromatic nitrogens is 2. The van der Waals surface area contributed by atoms with Crippen LogP contribution in [0, 0.1) is 26.7 Å². The third kappa shape index (κ3) is 4.95. The Labute approximate surface area is 198 Å². The standard InChI is InChI=1S/C23H25ClN4O4S/c1-14-6-8-19(11-15(14)2)26-23(29)18-5-4-10-28(13-18)33(30,31)21-12-17(7-9-20(21)24)22-25-16(3)32-27-22/h6-9,11-12,18H,4-5,10,13H2,1-3H3,(H,26,29)/t18-/m0/s1. The molecule has 1 saturated heterocycles. The van der Waals surface area contributed by atoms with E-state index >= 15 is 0 Å². The van der Waals surface area contributed by atoms with Gasteiger partial charge in [0, 0.05) is 31.3 Å². The summed E-state index contributed by atoms with van der Waals surface area (Å²) in [5.74, 6) is 0.000130. The van der Waals surface area contributed by atoms with Crippen molar-refractivity contribution < 1.29 is 17.7 Å². The van der Waals surface area contributed by atoms with Gasteiger partial charge in [0.2, 0.25) is 27.6 Å². The van der Waals surface area contributed by atoms with Crippen LogP contribution in [0.2, 0.25) is 5.02 Å². The lowest BCUT2D eigenvalue weighted by Crippen LogP contribution is -2.43. The third-order valence-electron chi connectivity index (χ3n) is 5.86. The second kappa shape index (κ2) is 9.24. The molecule has 33 heavy (non-hydrogen) atoms. The van der Waals surface area contributed by atoms with Crippen molar-refractivity contribution >= 4 is 33.2 Å². The van der Waals surface area contributed by atoms with Gasteiger partial charge in [0.05, 0.1) is 10.9 Å². The highest BCUT2D eigenvalue weighted by molar-refractivity contribution is 7.89. The van der Waals surface area contributed by atoms with E-state index in [1.54, 1.807) is 13.0 Å². The summed E-state index contributed by atoms with van der Waals surface area (Å²) in [6, 6.07) is 10.3. The Morgan fingerprint density at radius 3 is 2.64 bits per heavy atom. The summed E-state index contributed by atoms with van der Waals surface area (Å²) in [6.45, 7) is 6.04. The monoisotopic (exact) mass is 488 g/mol. The van der Waals surface area contributed by atoms with Crippen LogP contribution in [0.3, 0.4) is 0 Å². The van der Waals surface area contributed by atoms with Gasteiger partial charge in [-0.2, -0.15) is 9.29 Å². The number of amides is 1. The summed E-state index contributed by atoms with van der Waals surface area (Å²) in [4.78, 5) is 17.0. The Hall–Kier alpha value is -2.75. The number of nitrogens with zero attached hydrogens (tertiary/aromatic N) is 3. The number of benzene rings is 2. The lowest BCUT2D eigenvalue weighted by molar-refractivity contribution is -0.120. The molecule has 0 spiro atoms. The van der Waals surface area contributed by atoms with E-state index < -0.39 is 15.9 Å². The quantitative estimate of drug-likeness (QED) is 0.572. The van der Waals surface area contributed by atoms with Crippen LogP contribution < -0.4 is 5.32 Å². The van der Waals surface area contributed by atoms with Crippen molar-refractivity contribution in [2.75, 3.05) is 18.4 Å². The summed E-state index contributed by atoms with van der Waals surface area (Å²) < 4.78 is 33.2. The number of nitrogens with one attached hydrogen (secondary N) is 1. The minimum absolute atomic E-state index is 0.0423. The van der Waals surface area contributed by atoms with Crippen molar-refractivity contribution in [2.24, 2.45) is 5.92 Å². The van der Waals surface area contributed by atoms with Crippen molar-refractivity contribution in [3.05, 3.63) is 58.4 Å². The maximum absolute atomic E-state index is 13.5. The number of piperidine rings is 1. The van der Waals surface area contributed by atoms with Crippen molar-refractivity contribution in [1.29, 1.82) is 0 Å². The molecule has 174 valence electrons. The Kier molecular flexibility index (Phi) is 6.56. The first-order valence-electron chi connectivity index (χ1n) is 10.6. The van der Waals surface area contributed by atoms with Crippen LogP contribution in [0.5, 0.6) is 0 Å². The average molecular weight is 489 g/mol. The summed E-state index contributed by atoms with van der Waals surface area (Å²) in [5.41, 5.74) is 3.40. The SMILES string of the molecule is Cc1nc(-c2ccc(Cl)c(S(=O)(=O)N3CCC[C@H](C(=O)Nc4ccc(C)c(C)c4)C3)c2)no1. The van der Waals surface area contributed by atoms with E-state index in [1.165, 1.54) is 16.4 Å². The first kappa shape index (κ1) is 23.4. The summed E-state index contributed by atoms with van der Waals surface area (Å²) in [5, 5.41) is 6.87. The van der Waals surface area contributed by atoms with Gasteiger partial charge in [-0.1, -0.05) is 22.8 Å². The van der Waals surface area contributed by atoms with Crippen LogP contribution in [0.15, 0.2) is 45.8 Å². The number of hydrogen-bond acceptors (Lipinski definition) is 6. The molecule has 3 aromatic rings. The molecule has 0 saturated carbocycles. The summed E-state index contributed by atoms with van der Waals surface area (Å²) in [7, 11) is -3.93. The Morgan fingerprint density at radius 2 is 1.94 bits per heavy atom. The molecule has 0 unspecified atom stereocenters. The van der Waals surface area contributed by atoms with Gasteiger partial charge in [-0.25, -0.2) is 8.42 Å². The normalized spacial score (nSPS) is 17.2. The molecule has 0 radical (unpaired) electrons. The fraction of sp³-hybridized carbons (Fsp3) is 0.348. The van der Waals surface area contributed by atoms with Crippen LogP contribution in [-0.2, 0) is 14.8 Å². The Bertz CT molecular complexity index is 1310. The molecule has 1 aliphatic rings. The molecule has 0 bridgehead atoms. The van der Waals surface area contributed by atoms with Gasteiger partial charge in [0.15, 0.2) is 0 Å². The maximum Gasteiger partial charge on any atom is 0.244 e. The minimum Gasteiger partial charge on any atom is -0.339 e. The smallest absolute Gasteiger partial charge is 0.244 e. The molecule has 4 rings (SSSR count). The van der Waals surface area contributed by atoms with Crippen molar-refractivity contribution in [2.45, 2.75) is 38.5 Å². The number of carbonyl (C=O) groups is 1. The van der Waals surface area contributed by atoms with E-state index in [0.717, 1.165) is 11.1 Å². The second-order valence-electron chi connectivity index (χ2n) is 8.27. The van der Waals surface area contributed by atoms with Crippen molar-refractivity contribution in [3.63, 3.8) is 0 Å². The number of halogens is 1. The van der Waals surface area contributed by atoms with E-state index in [9.17, 15) is 13.2 Å². The van der Waals surface area contributed by atoms with Crippen LogP contribution in [0.25, 0.3) is 11.4 Å². The number of sulfonamides is 1. The average Bonchev–Trinajstić information content (AvgIpc) is 3.23. The van der Waals surface area contributed by atoms with Gasteiger partial charge >= 0.3 is 0 Å². The van der Waals surface area contributed by atoms with Gasteiger partial charge in [-0.05, 0) is 68.1 Å². The van der Waals surface area contributed by atoms with E-state index in [-0.39, 0.29) is 28.2 Å². The molecule has 1 atom stereocenters. The van der Waals surface area contributed by atoms with Crippen LogP contribution in [0.4, 0.5) is 5.69 Å². The fourth-order valence-corrected chi connectivity index (χ4v) is 5.86. The predicted molar refractivity (Wildman–Crippen MR) is 126 cm³/mol. The second-order valence-corrected chi connectivity index (χ2v) is 10.6. The number of hydrogen-bond donors (Lipinski definition) is 1. The zero-order chi connectivity index (χ0) is 23.8. The highest BCUT2D eigenvalue weighted by Gasteiger charge is 2.34. The van der Waals surface area contributed by atoms with Gasteiger partial charge in [-0.3, -0.25) is 4.79 Å². The number of aryl methyl sites for hydroxylation is 3. The van der Waals surface area contributed by atoms with E-state index in [4.69, 9.17) is 16.1 Å². The van der Waals surface area contributed by atoms with Gasteiger partial charge < -0.3 is 9.84 Å². The molecule has 1 aliphatic heterocycles. The molecule has 1 aromatic heterocycles. The van der Waals surface area contributed by atoms with Crippen LogP contribution in [-0.4, -0.2) is 41.9 Å². The zero-order valence-corrected chi connectivity index (χ0v) is 20.2. The molecule has 2 heterocycles. The van der Waals surface area contributed by atoms with Gasteiger partial charge in [0.1, 0.15) is 4.90 Å². The largest absolute Gasteiger partial charge is 0.339 e. The summed E-state index contributed by atoms with van der Waals surface area (Å²) >= 11 is 6.28. The molecular weight excluding hydrogens is 464 g/mol. The lowest BCUT2D eigenvalue weighted by Gasteiger charge is -2.31. The maximum atomic E-state index is 13.5. The Balaban J connectivity index is 1.54. The first-order chi connectivity index (χ1) is 15.6. The van der Waals surface area contributed by atoms with Crippen molar-refractivity contribution in [3.8, 4) is 11.4 Å². The topological polar surface area (TPSA) is 105 Å². The minimum atomic E-state index is -3.93. The molecule has 10 heteroatoms. The highest BCUT2D eigenvalue weighted by Crippen LogP contribution is 2.32. The number of carbonyl (C=O) groups excluding carboxylic acids is 1. The number of rotatable bonds is 5. The number of anilines is 1. The van der Waals surface area contributed by atoms with Crippen molar-refractivity contribution in [1.82, 2.24) is 14.4 Å². The van der Waals surface area contributed by atoms with Gasteiger partial charge in [0.25, 0.3) is 0 Å². The summed E-state index contributed by atoms with van der Waals surface area (Å²) in [6.07, 6.45) is 1.18. The molecule has 8 nitrogen and oxygen atoms in total.